The quantitative estimate of drug-likeness (QED) is 0.381. The van der Waals surface area contributed by atoms with Crippen LogP contribution in [0.5, 0.6) is 0 Å². The van der Waals surface area contributed by atoms with Gasteiger partial charge in [-0.2, -0.15) is 0 Å². The molecular formula is C28H29N5O3. The first-order valence-electron chi connectivity index (χ1n) is 12.4. The fraction of sp³-hybridized carbons (Fsp3) is 0.321. The molecule has 0 atom stereocenters. The van der Waals surface area contributed by atoms with Gasteiger partial charge in [-0.15, -0.1) is 10.2 Å². The topological polar surface area (TPSA) is 85.4 Å². The minimum Gasteiger partial charge on any atom is -0.453 e. The van der Waals surface area contributed by atoms with Crippen molar-refractivity contribution >= 4 is 5.91 Å². The van der Waals surface area contributed by atoms with E-state index in [1.807, 2.05) is 0 Å². The van der Waals surface area contributed by atoms with Crippen molar-refractivity contribution in [1.29, 1.82) is 0 Å². The second-order valence-electron chi connectivity index (χ2n) is 9.42. The number of nitrogens with zero attached hydrogens (tertiary/aromatic N) is 4. The highest BCUT2D eigenvalue weighted by molar-refractivity contribution is 5.91. The second kappa shape index (κ2) is 9.72. The van der Waals surface area contributed by atoms with E-state index < -0.39 is 0 Å². The van der Waals surface area contributed by atoms with Crippen molar-refractivity contribution in [2.75, 3.05) is 20.2 Å². The lowest BCUT2D eigenvalue weighted by atomic mass is 10.0. The van der Waals surface area contributed by atoms with Gasteiger partial charge in [0, 0.05) is 39.7 Å². The highest BCUT2D eigenvalue weighted by atomic mass is 16.5. The number of carbonyl (C=O) groups excluding carboxylic acids is 1. The molecule has 6 rings (SSSR count). The maximum absolute atomic E-state index is 12.5. The standard InChI is InChI=1S/C28H29N5O3/c1-35-18-22-7-9-25(36-22)28(34)29-16-27-31-30-26-10-11-32(12-13-33(26)27)17-19-6-8-24-21(14-19)15-20-4-2-3-5-23(20)24/h2-9,14H,10-13,15-18H2,1H3,(H,29,34). The van der Waals surface area contributed by atoms with Crippen LogP contribution < -0.4 is 5.32 Å². The van der Waals surface area contributed by atoms with Crippen molar-refractivity contribution in [2.24, 2.45) is 0 Å². The minimum absolute atomic E-state index is 0.265. The summed E-state index contributed by atoms with van der Waals surface area (Å²) in [5.41, 5.74) is 6.92. The largest absolute Gasteiger partial charge is 0.453 e. The number of fused-ring (bicyclic) bond motifs is 4. The van der Waals surface area contributed by atoms with E-state index in [1.165, 1.54) is 27.8 Å². The second-order valence-corrected chi connectivity index (χ2v) is 9.42. The van der Waals surface area contributed by atoms with Crippen molar-refractivity contribution in [3.63, 3.8) is 0 Å². The lowest BCUT2D eigenvalue weighted by Crippen LogP contribution is -2.28. The van der Waals surface area contributed by atoms with Gasteiger partial charge in [0.05, 0.1) is 6.54 Å². The summed E-state index contributed by atoms with van der Waals surface area (Å²) in [4.78, 5) is 15.0. The van der Waals surface area contributed by atoms with Crippen molar-refractivity contribution in [3.8, 4) is 11.1 Å². The van der Waals surface area contributed by atoms with Crippen LogP contribution in [0.2, 0.25) is 0 Å². The number of hydrogen-bond donors (Lipinski definition) is 1. The van der Waals surface area contributed by atoms with Crippen molar-refractivity contribution in [1.82, 2.24) is 25.0 Å². The fourth-order valence-electron chi connectivity index (χ4n) is 5.24. The number of rotatable bonds is 7. The van der Waals surface area contributed by atoms with E-state index in [2.05, 4.69) is 67.4 Å². The number of aromatic nitrogens is 3. The zero-order valence-electron chi connectivity index (χ0n) is 20.4. The summed E-state index contributed by atoms with van der Waals surface area (Å²) in [7, 11) is 1.59. The van der Waals surface area contributed by atoms with E-state index >= 15 is 0 Å². The first kappa shape index (κ1) is 22.7. The van der Waals surface area contributed by atoms with Crippen LogP contribution in [-0.4, -0.2) is 45.8 Å². The average molecular weight is 484 g/mol. The molecule has 8 nitrogen and oxygen atoms in total. The van der Waals surface area contributed by atoms with E-state index in [0.717, 1.165) is 50.7 Å². The van der Waals surface area contributed by atoms with Gasteiger partial charge in [0.2, 0.25) is 0 Å². The van der Waals surface area contributed by atoms with Crippen LogP contribution in [0.1, 0.15) is 44.7 Å². The Morgan fingerprint density at radius 2 is 1.92 bits per heavy atom. The highest BCUT2D eigenvalue weighted by Gasteiger charge is 2.22. The SMILES string of the molecule is COCc1ccc(C(=O)NCc2nnc3n2CCN(Cc2ccc4c(c2)Cc2ccccc2-4)CC3)o1. The monoisotopic (exact) mass is 483 g/mol. The van der Waals surface area contributed by atoms with Crippen molar-refractivity contribution in [3.05, 3.63) is 94.5 Å². The predicted molar refractivity (Wildman–Crippen MR) is 134 cm³/mol. The molecule has 1 N–H and O–H groups in total. The molecule has 0 saturated carbocycles. The van der Waals surface area contributed by atoms with Gasteiger partial charge in [0.1, 0.15) is 18.2 Å². The van der Waals surface area contributed by atoms with Gasteiger partial charge in [0.15, 0.2) is 11.6 Å². The number of nitrogens with one attached hydrogen (secondary N) is 1. The zero-order valence-corrected chi connectivity index (χ0v) is 20.4. The summed E-state index contributed by atoms with van der Waals surface area (Å²) in [6.45, 7) is 4.18. The Balaban J connectivity index is 1.07. The van der Waals surface area contributed by atoms with E-state index in [9.17, 15) is 4.79 Å². The van der Waals surface area contributed by atoms with E-state index in [-0.39, 0.29) is 11.7 Å². The van der Waals surface area contributed by atoms with Crippen LogP contribution in [0.15, 0.2) is 59.0 Å². The van der Waals surface area contributed by atoms with Gasteiger partial charge in [0.25, 0.3) is 5.91 Å². The van der Waals surface area contributed by atoms with Crippen LogP contribution in [0.3, 0.4) is 0 Å². The van der Waals surface area contributed by atoms with Crippen LogP contribution in [0.25, 0.3) is 11.1 Å². The lowest BCUT2D eigenvalue weighted by Gasteiger charge is -2.20. The molecule has 2 aromatic carbocycles. The Kier molecular flexibility index (Phi) is 6.13. The number of carbonyl (C=O) groups is 1. The molecule has 0 radical (unpaired) electrons. The number of hydrogen-bond acceptors (Lipinski definition) is 6. The number of furan rings is 1. The van der Waals surface area contributed by atoms with Crippen LogP contribution >= 0.6 is 0 Å². The average Bonchev–Trinajstić information content (AvgIpc) is 3.58. The zero-order chi connectivity index (χ0) is 24.5. The van der Waals surface area contributed by atoms with Gasteiger partial charge in [-0.3, -0.25) is 9.69 Å². The molecule has 36 heavy (non-hydrogen) atoms. The van der Waals surface area contributed by atoms with Crippen LogP contribution in [0.4, 0.5) is 0 Å². The molecule has 184 valence electrons. The first-order chi connectivity index (χ1) is 17.7. The van der Waals surface area contributed by atoms with Gasteiger partial charge < -0.3 is 19.0 Å². The summed E-state index contributed by atoms with van der Waals surface area (Å²) < 4.78 is 12.7. The molecule has 4 aromatic rings. The van der Waals surface area contributed by atoms with E-state index in [0.29, 0.717) is 18.9 Å². The summed E-state index contributed by atoms with van der Waals surface area (Å²) in [5.74, 6) is 2.34. The molecule has 1 aliphatic carbocycles. The van der Waals surface area contributed by atoms with E-state index in [4.69, 9.17) is 9.15 Å². The minimum atomic E-state index is -0.274. The summed E-state index contributed by atoms with van der Waals surface area (Å²) in [6.07, 6.45) is 1.84. The first-order valence-corrected chi connectivity index (χ1v) is 12.4. The van der Waals surface area contributed by atoms with Gasteiger partial charge in [-0.25, -0.2) is 0 Å². The highest BCUT2D eigenvalue weighted by Crippen LogP contribution is 2.36. The molecule has 2 aromatic heterocycles. The Labute approximate surface area is 209 Å². The van der Waals surface area contributed by atoms with Gasteiger partial charge in [-0.05, 0) is 46.4 Å². The van der Waals surface area contributed by atoms with Gasteiger partial charge >= 0.3 is 0 Å². The van der Waals surface area contributed by atoms with Crippen LogP contribution in [0, 0.1) is 0 Å². The Morgan fingerprint density at radius 1 is 1.03 bits per heavy atom. The molecular weight excluding hydrogens is 454 g/mol. The molecule has 3 heterocycles. The third-order valence-electron chi connectivity index (χ3n) is 7.04. The fourth-order valence-corrected chi connectivity index (χ4v) is 5.24. The molecule has 0 unspecified atom stereocenters. The Morgan fingerprint density at radius 3 is 2.83 bits per heavy atom. The molecule has 1 amide bonds. The normalized spacial score (nSPS) is 14.7. The number of amides is 1. The summed E-state index contributed by atoms with van der Waals surface area (Å²) >= 11 is 0. The summed E-state index contributed by atoms with van der Waals surface area (Å²) in [6, 6.07) is 19.0. The maximum atomic E-state index is 12.5. The van der Waals surface area contributed by atoms with Gasteiger partial charge in [-0.1, -0.05) is 42.5 Å². The number of methoxy groups -OCH3 is 1. The Bertz CT molecular complexity index is 1410. The smallest absolute Gasteiger partial charge is 0.287 e. The predicted octanol–water partition coefficient (Wildman–Crippen LogP) is 3.58. The van der Waals surface area contributed by atoms with Crippen molar-refractivity contribution in [2.45, 2.75) is 39.1 Å². The molecule has 0 fully saturated rings. The molecule has 2 aliphatic rings. The molecule has 1 aliphatic heterocycles. The van der Waals surface area contributed by atoms with Crippen molar-refractivity contribution < 1.29 is 13.9 Å². The summed E-state index contributed by atoms with van der Waals surface area (Å²) in [5, 5.41) is 11.6. The maximum Gasteiger partial charge on any atom is 0.287 e. The number of benzene rings is 2. The third-order valence-corrected chi connectivity index (χ3v) is 7.04. The third kappa shape index (κ3) is 4.45. The number of ether oxygens (including phenoxy) is 1. The molecule has 8 heteroatoms. The Hall–Kier alpha value is -3.75. The van der Waals surface area contributed by atoms with Crippen LogP contribution in [-0.2, 0) is 43.8 Å². The molecule has 0 saturated heterocycles. The van der Waals surface area contributed by atoms with E-state index in [1.54, 1.807) is 19.2 Å². The molecule has 0 spiro atoms. The molecule has 0 bridgehead atoms. The lowest BCUT2D eigenvalue weighted by molar-refractivity contribution is 0.0913.